The Hall–Kier alpha value is -0.380. The number of hydrogen-bond acceptors (Lipinski definition) is 3. The number of rotatable bonds is 3. The van der Waals surface area contributed by atoms with E-state index in [0.29, 0.717) is 0 Å². The Labute approximate surface area is 47.9 Å². The van der Waals surface area contributed by atoms with Gasteiger partial charge in [-0.25, -0.2) is 0 Å². The molecule has 0 fully saturated rings. The lowest BCUT2D eigenvalue weighted by Crippen LogP contribution is -2.07. The molecule has 8 heavy (non-hydrogen) atoms. The lowest BCUT2D eigenvalue weighted by Gasteiger charge is -1.95. The van der Waals surface area contributed by atoms with E-state index in [4.69, 9.17) is 15.3 Å². The lowest BCUT2D eigenvalue weighted by molar-refractivity contribution is 0.130. The molecule has 0 saturated carbocycles. The van der Waals surface area contributed by atoms with Crippen molar-refractivity contribution in [3.8, 4) is 0 Å². The molecule has 0 radical (unpaired) electrons. The van der Waals surface area contributed by atoms with Crippen molar-refractivity contribution in [3.63, 3.8) is 0 Å². The molecule has 0 spiro atoms. The van der Waals surface area contributed by atoms with Gasteiger partial charge in [-0.2, -0.15) is 0 Å². The van der Waals surface area contributed by atoms with Crippen LogP contribution in [0.4, 0.5) is 0 Å². The second-order valence-corrected chi connectivity index (χ2v) is 1.36. The van der Waals surface area contributed by atoms with Crippen LogP contribution >= 0.6 is 0 Å². The summed E-state index contributed by atoms with van der Waals surface area (Å²) in [4.78, 5) is 0. The molecule has 0 aromatic rings. The van der Waals surface area contributed by atoms with E-state index in [-0.39, 0.29) is 13.2 Å². The minimum absolute atomic E-state index is 0.100. The van der Waals surface area contributed by atoms with Crippen molar-refractivity contribution in [1.29, 1.82) is 0 Å². The molecule has 1 atom stereocenters. The second-order valence-electron chi connectivity index (χ2n) is 1.36. The van der Waals surface area contributed by atoms with E-state index in [1.165, 1.54) is 12.2 Å². The smallest absolute Gasteiger partial charge is 0.0952 e. The maximum Gasteiger partial charge on any atom is 0.0952 e. The lowest BCUT2D eigenvalue weighted by atomic mass is 10.3. The van der Waals surface area contributed by atoms with E-state index in [2.05, 4.69) is 0 Å². The maximum atomic E-state index is 8.54. The van der Waals surface area contributed by atoms with Crippen LogP contribution in [0.15, 0.2) is 12.2 Å². The SMILES string of the molecule is OC/C=C/[C@H](O)CO. The van der Waals surface area contributed by atoms with Gasteiger partial charge in [-0.05, 0) is 0 Å². The van der Waals surface area contributed by atoms with Gasteiger partial charge in [0.25, 0.3) is 0 Å². The third-order valence-corrected chi connectivity index (χ3v) is 0.651. The normalized spacial score (nSPS) is 14.9. The number of aliphatic hydroxyl groups is 3. The van der Waals surface area contributed by atoms with Gasteiger partial charge in [-0.3, -0.25) is 0 Å². The zero-order chi connectivity index (χ0) is 6.41. The highest BCUT2D eigenvalue weighted by Gasteiger charge is 1.90. The van der Waals surface area contributed by atoms with Crippen molar-refractivity contribution >= 4 is 0 Å². The van der Waals surface area contributed by atoms with Crippen LogP contribution in [0.2, 0.25) is 0 Å². The Morgan fingerprint density at radius 2 is 2.00 bits per heavy atom. The summed E-state index contributed by atoms with van der Waals surface area (Å²) in [6.07, 6.45) is 1.88. The van der Waals surface area contributed by atoms with Gasteiger partial charge in [0.15, 0.2) is 0 Å². The first kappa shape index (κ1) is 7.62. The first-order chi connectivity index (χ1) is 3.81. The van der Waals surface area contributed by atoms with Gasteiger partial charge >= 0.3 is 0 Å². The average Bonchev–Trinajstić information content (AvgIpc) is 1.83. The Balaban J connectivity index is 3.21. The molecule has 3 nitrogen and oxygen atoms in total. The topological polar surface area (TPSA) is 60.7 Å². The molecule has 0 saturated heterocycles. The molecule has 48 valence electrons. The van der Waals surface area contributed by atoms with E-state index in [0.717, 1.165) is 0 Å². The highest BCUT2D eigenvalue weighted by atomic mass is 16.3. The molecule has 3 heteroatoms. The Morgan fingerprint density at radius 3 is 2.38 bits per heavy atom. The highest BCUT2D eigenvalue weighted by Crippen LogP contribution is 1.81. The zero-order valence-corrected chi connectivity index (χ0v) is 4.49. The molecule has 0 heterocycles. The van der Waals surface area contributed by atoms with Crippen LogP contribution in [-0.2, 0) is 0 Å². The number of hydrogen-bond donors (Lipinski definition) is 3. The zero-order valence-electron chi connectivity index (χ0n) is 4.49. The van der Waals surface area contributed by atoms with Crippen LogP contribution in [0.3, 0.4) is 0 Å². The molecular weight excluding hydrogens is 108 g/mol. The summed E-state index contributed by atoms with van der Waals surface area (Å²) >= 11 is 0. The maximum absolute atomic E-state index is 8.54. The summed E-state index contributed by atoms with van der Waals surface area (Å²) < 4.78 is 0. The second kappa shape index (κ2) is 4.77. The van der Waals surface area contributed by atoms with Crippen LogP contribution in [0.1, 0.15) is 0 Å². The largest absolute Gasteiger partial charge is 0.393 e. The van der Waals surface area contributed by atoms with Gasteiger partial charge in [0.05, 0.1) is 19.3 Å². The standard InChI is InChI=1S/C5H10O3/c6-3-1-2-5(8)4-7/h1-2,5-8H,3-4H2/b2-1+/t5-/m0/s1. The summed E-state index contributed by atoms with van der Waals surface area (Å²) in [5, 5.41) is 24.9. The Morgan fingerprint density at radius 1 is 1.38 bits per heavy atom. The Kier molecular flexibility index (Phi) is 4.54. The predicted octanol–water partition coefficient (Wildman–Crippen LogP) is -1.11. The first-order valence-electron chi connectivity index (χ1n) is 2.37. The van der Waals surface area contributed by atoms with Crippen LogP contribution in [0.5, 0.6) is 0 Å². The van der Waals surface area contributed by atoms with Crippen LogP contribution in [-0.4, -0.2) is 34.6 Å². The van der Waals surface area contributed by atoms with Crippen molar-refractivity contribution in [2.45, 2.75) is 6.10 Å². The molecule has 0 aliphatic rings. The van der Waals surface area contributed by atoms with Gasteiger partial charge in [-0.15, -0.1) is 0 Å². The fraction of sp³-hybridized carbons (Fsp3) is 0.600. The van der Waals surface area contributed by atoms with Gasteiger partial charge in [0, 0.05) is 0 Å². The summed E-state index contributed by atoms with van der Waals surface area (Å²) in [5.41, 5.74) is 0. The molecule has 0 aliphatic heterocycles. The highest BCUT2D eigenvalue weighted by molar-refractivity contribution is 4.87. The van der Waals surface area contributed by atoms with E-state index in [1.54, 1.807) is 0 Å². The molecule has 0 bridgehead atoms. The molecule has 0 aromatic heterocycles. The molecule has 0 unspecified atom stereocenters. The third-order valence-electron chi connectivity index (χ3n) is 0.651. The van der Waals surface area contributed by atoms with Crippen LogP contribution < -0.4 is 0 Å². The third kappa shape index (κ3) is 3.80. The summed E-state index contributed by atoms with van der Waals surface area (Å²) in [7, 11) is 0. The van der Waals surface area contributed by atoms with E-state index in [1.807, 2.05) is 0 Å². The minimum atomic E-state index is -0.831. The van der Waals surface area contributed by atoms with Gasteiger partial charge in [0.2, 0.25) is 0 Å². The van der Waals surface area contributed by atoms with Crippen molar-refractivity contribution < 1.29 is 15.3 Å². The van der Waals surface area contributed by atoms with Crippen LogP contribution in [0, 0.1) is 0 Å². The van der Waals surface area contributed by atoms with Crippen molar-refractivity contribution in [1.82, 2.24) is 0 Å². The van der Waals surface area contributed by atoms with Crippen molar-refractivity contribution in [2.75, 3.05) is 13.2 Å². The van der Waals surface area contributed by atoms with Crippen LogP contribution in [0.25, 0.3) is 0 Å². The quantitative estimate of drug-likeness (QED) is 0.412. The first-order valence-corrected chi connectivity index (χ1v) is 2.37. The molecule has 3 N–H and O–H groups in total. The molecule has 0 aliphatic carbocycles. The summed E-state index contributed by atoms with van der Waals surface area (Å²) in [6.45, 7) is -0.395. The molecule has 0 rings (SSSR count). The van der Waals surface area contributed by atoms with Gasteiger partial charge < -0.3 is 15.3 Å². The Bertz CT molecular complexity index is 70.1. The minimum Gasteiger partial charge on any atom is -0.393 e. The van der Waals surface area contributed by atoms with E-state index in [9.17, 15) is 0 Å². The number of aliphatic hydroxyl groups excluding tert-OH is 3. The van der Waals surface area contributed by atoms with Crippen molar-refractivity contribution in [2.24, 2.45) is 0 Å². The molecule has 0 aromatic carbocycles. The predicted molar refractivity (Wildman–Crippen MR) is 29.3 cm³/mol. The summed E-state index contributed by atoms with van der Waals surface area (Å²) in [5.74, 6) is 0. The fourth-order valence-electron chi connectivity index (χ4n) is 0.279. The average molecular weight is 118 g/mol. The monoisotopic (exact) mass is 118 g/mol. The van der Waals surface area contributed by atoms with E-state index < -0.39 is 6.10 Å². The summed E-state index contributed by atoms with van der Waals surface area (Å²) in [6, 6.07) is 0. The molecule has 0 amide bonds. The van der Waals surface area contributed by atoms with Gasteiger partial charge in [0.1, 0.15) is 0 Å². The molecular formula is C5H10O3. The van der Waals surface area contributed by atoms with Crippen molar-refractivity contribution in [3.05, 3.63) is 12.2 Å². The fourth-order valence-corrected chi connectivity index (χ4v) is 0.279. The van der Waals surface area contributed by atoms with E-state index >= 15 is 0 Å². The van der Waals surface area contributed by atoms with Gasteiger partial charge in [-0.1, -0.05) is 12.2 Å².